The van der Waals surface area contributed by atoms with Crippen molar-refractivity contribution in [2.45, 2.75) is 38.3 Å². The molecular weight excluding hydrogens is 273 g/mol. The Balaban J connectivity index is 1.91. The molecule has 1 N–H and O–H groups in total. The zero-order valence-corrected chi connectivity index (χ0v) is 11.9. The van der Waals surface area contributed by atoms with Crippen molar-refractivity contribution in [3.8, 4) is 0 Å². The molecule has 0 spiro atoms. The topological polar surface area (TPSA) is 53.7 Å². The summed E-state index contributed by atoms with van der Waals surface area (Å²) in [4.78, 5) is 14.3. The van der Waals surface area contributed by atoms with Gasteiger partial charge in [0.2, 0.25) is 0 Å². The van der Waals surface area contributed by atoms with Crippen LogP contribution in [0.3, 0.4) is 0 Å². The van der Waals surface area contributed by atoms with Gasteiger partial charge in [-0.15, -0.1) is 0 Å². The molecule has 2 atom stereocenters. The molecule has 0 aliphatic carbocycles. The minimum absolute atomic E-state index is 0.184. The molecule has 2 aromatic rings. The molecule has 0 saturated carbocycles. The SMILES string of the molecule is CC(O)C1CCCCN1C(=O)c1cc2cc(F)ccc2o1. The highest BCUT2D eigenvalue weighted by Crippen LogP contribution is 2.25. The van der Waals surface area contributed by atoms with E-state index in [0.717, 1.165) is 19.3 Å². The maximum absolute atomic E-state index is 13.2. The normalized spacial score (nSPS) is 20.7. The van der Waals surface area contributed by atoms with Gasteiger partial charge in [-0.05, 0) is 50.5 Å². The number of halogens is 1. The molecule has 1 amide bonds. The van der Waals surface area contributed by atoms with E-state index in [4.69, 9.17) is 4.42 Å². The van der Waals surface area contributed by atoms with E-state index in [0.29, 0.717) is 17.5 Å². The van der Waals surface area contributed by atoms with E-state index in [1.807, 2.05) is 0 Å². The fourth-order valence-electron chi connectivity index (χ4n) is 2.97. The minimum atomic E-state index is -0.573. The summed E-state index contributed by atoms with van der Waals surface area (Å²) in [6.45, 7) is 2.31. The lowest BCUT2D eigenvalue weighted by atomic mass is 9.98. The first-order valence-electron chi connectivity index (χ1n) is 7.24. The van der Waals surface area contributed by atoms with E-state index >= 15 is 0 Å². The van der Waals surface area contributed by atoms with Gasteiger partial charge in [-0.2, -0.15) is 0 Å². The molecule has 2 unspecified atom stereocenters. The molecule has 1 aromatic carbocycles. The van der Waals surface area contributed by atoms with E-state index in [-0.39, 0.29) is 23.5 Å². The largest absolute Gasteiger partial charge is 0.451 e. The standard InChI is InChI=1S/C16H18FNO3/c1-10(19)13-4-2-3-7-18(13)16(20)15-9-11-8-12(17)5-6-14(11)21-15/h5-6,8-10,13,19H,2-4,7H2,1H3. The Bertz CT molecular complexity index is 665. The molecule has 0 bridgehead atoms. The summed E-state index contributed by atoms with van der Waals surface area (Å²) in [5.41, 5.74) is 0.491. The van der Waals surface area contributed by atoms with Crippen molar-refractivity contribution in [1.29, 1.82) is 0 Å². The number of hydrogen-bond acceptors (Lipinski definition) is 3. The summed E-state index contributed by atoms with van der Waals surface area (Å²) in [7, 11) is 0. The Morgan fingerprint density at radius 2 is 2.24 bits per heavy atom. The monoisotopic (exact) mass is 291 g/mol. The number of likely N-dealkylation sites (tertiary alicyclic amines) is 1. The van der Waals surface area contributed by atoms with E-state index in [1.54, 1.807) is 17.9 Å². The Labute approximate surface area is 122 Å². The fourth-order valence-corrected chi connectivity index (χ4v) is 2.97. The van der Waals surface area contributed by atoms with Crippen molar-refractivity contribution in [2.75, 3.05) is 6.54 Å². The Morgan fingerprint density at radius 1 is 1.43 bits per heavy atom. The highest BCUT2D eigenvalue weighted by Gasteiger charge is 2.32. The van der Waals surface area contributed by atoms with Gasteiger partial charge in [-0.25, -0.2) is 4.39 Å². The second kappa shape index (κ2) is 5.48. The van der Waals surface area contributed by atoms with Gasteiger partial charge in [0.25, 0.3) is 5.91 Å². The van der Waals surface area contributed by atoms with E-state index in [9.17, 15) is 14.3 Å². The van der Waals surface area contributed by atoms with Crippen LogP contribution in [0.1, 0.15) is 36.7 Å². The predicted molar refractivity (Wildman–Crippen MR) is 76.5 cm³/mol. The van der Waals surface area contributed by atoms with Gasteiger partial charge in [-0.3, -0.25) is 4.79 Å². The highest BCUT2D eigenvalue weighted by molar-refractivity contribution is 5.96. The Kier molecular flexibility index (Phi) is 3.68. The van der Waals surface area contributed by atoms with Crippen LogP contribution in [-0.2, 0) is 0 Å². The number of fused-ring (bicyclic) bond motifs is 1. The number of carbonyl (C=O) groups is 1. The first-order valence-corrected chi connectivity index (χ1v) is 7.24. The van der Waals surface area contributed by atoms with Crippen LogP contribution in [0.15, 0.2) is 28.7 Å². The van der Waals surface area contributed by atoms with Crippen LogP contribution in [-0.4, -0.2) is 34.6 Å². The summed E-state index contributed by atoms with van der Waals surface area (Å²) in [6, 6.07) is 5.55. The summed E-state index contributed by atoms with van der Waals surface area (Å²) < 4.78 is 18.7. The number of furan rings is 1. The van der Waals surface area contributed by atoms with Gasteiger partial charge in [-0.1, -0.05) is 0 Å². The van der Waals surface area contributed by atoms with Gasteiger partial charge in [0.15, 0.2) is 5.76 Å². The second-order valence-electron chi connectivity index (χ2n) is 5.60. The molecule has 1 aliphatic heterocycles. The molecule has 2 heterocycles. The molecule has 3 rings (SSSR count). The van der Waals surface area contributed by atoms with E-state index in [2.05, 4.69) is 0 Å². The van der Waals surface area contributed by atoms with Gasteiger partial charge in [0.1, 0.15) is 11.4 Å². The summed E-state index contributed by atoms with van der Waals surface area (Å²) in [6.07, 6.45) is 2.14. The lowest BCUT2D eigenvalue weighted by Crippen LogP contribution is -2.48. The lowest BCUT2D eigenvalue weighted by Gasteiger charge is -2.36. The van der Waals surface area contributed by atoms with Crippen LogP contribution in [0, 0.1) is 5.82 Å². The van der Waals surface area contributed by atoms with Crippen molar-refractivity contribution in [1.82, 2.24) is 4.90 Å². The van der Waals surface area contributed by atoms with Crippen molar-refractivity contribution in [2.24, 2.45) is 0 Å². The number of carbonyl (C=O) groups excluding carboxylic acids is 1. The van der Waals surface area contributed by atoms with Crippen LogP contribution in [0.2, 0.25) is 0 Å². The molecule has 21 heavy (non-hydrogen) atoms. The van der Waals surface area contributed by atoms with Crippen molar-refractivity contribution >= 4 is 16.9 Å². The molecule has 1 aliphatic rings. The van der Waals surface area contributed by atoms with Crippen LogP contribution < -0.4 is 0 Å². The number of rotatable bonds is 2. The van der Waals surface area contributed by atoms with Gasteiger partial charge < -0.3 is 14.4 Å². The smallest absolute Gasteiger partial charge is 0.289 e. The average Bonchev–Trinajstić information content (AvgIpc) is 2.89. The van der Waals surface area contributed by atoms with Crippen LogP contribution in [0.4, 0.5) is 4.39 Å². The van der Waals surface area contributed by atoms with Crippen LogP contribution in [0.25, 0.3) is 11.0 Å². The second-order valence-corrected chi connectivity index (χ2v) is 5.60. The third-order valence-electron chi connectivity index (χ3n) is 4.06. The first-order chi connectivity index (χ1) is 10.1. The van der Waals surface area contributed by atoms with Crippen molar-refractivity contribution in [3.05, 3.63) is 35.8 Å². The number of amides is 1. The molecular formula is C16H18FNO3. The third-order valence-corrected chi connectivity index (χ3v) is 4.06. The van der Waals surface area contributed by atoms with Crippen LogP contribution in [0.5, 0.6) is 0 Å². The number of aliphatic hydroxyl groups excluding tert-OH is 1. The molecule has 0 radical (unpaired) electrons. The average molecular weight is 291 g/mol. The molecule has 1 aromatic heterocycles. The zero-order valence-electron chi connectivity index (χ0n) is 11.9. The maximum atomic E-state index is 13.2. The summed E-state index contributed by atoms with van der Waals surface area (Å²) in [5.74, 6) is -0.400. The van der Waals surface area contributed by atoms with E-state index in [1.165, 1.54) is 18.2 Å². The van der Waals surface area contributed by atoms with Crippen molar-refractivity contribution in [3.63, 3.8) is 0 Å². The molecule has 1 saturated heterocycles. The fraction of sp³-hybridized carbons (Fsp3) is 0.438. The maximum Gasteiger partial charge on any atom is 0.289 e. The Hall–Kier alpha value is -1.88. The molecule has 5 heteroatoms. The van der Waals surface area contributed by atoms with Gasteiger partial charge in [0.05, 0.1) is 12.1 Å². The molecule has 112 valence electrons. The van der Waals surface area contributed by atoms with E-state index < -0.39 is 6.10 Å². The quantitative estimate of drug-likeness (QED) is 0.925. The number of hydrogen-bond donors (Lipinski definition) is 1. The molecule has 1 fully saturated rings. The van der Waals surface area contributed by atoms with Gasteiger partial charge >= 0.3 is 0 Å². The highest BCUT2D eigenvalue weighted by atomic mass is 19.1. The number of nitrogens with zero attached hydrogens (tertiary/aromatic N) is 1. The Morgan fingerprint density at radius 3 is 3.00 bits per heavy atom. The number of piperidine rings is 1. The third kappa shape index (κ3) is 2.65. The van der Waals surface area contributed by atoms with Gasteiger partial charge in [0, 0.05) is 11.9 Å². The summed E-state index contributed by atoms with van der Waals surface area (Å²) in [5, 5.41) is 10.4. The summed E-state index contributed by atoms with van der Waals surface area (Å²) >= 11 is 0. The number of benzene rings is 1. The lowest BCUT2D eigenvalue weighted by molar-refractivity contribution is 0.0259. The first kappa shape index (κ1) is 14.1. The van der Waals surface area contributed by atoms with Crippen LogP contribution >= 0.6 is 0 Å². The zero-order chi connectivity index (χ0) is 15.0. The number of aliphatic hydroxyl groups is 1. The van der Waals surface area contributed by atoms with Crippen molar-refractivity contribution < 1.29 is 18.7 Å². The predicted octanol–water partition coefficient (Wildman–Crippen LogP) is 2.95. The molecule has 4 nitrogen and oxygen atoms in total. The minimum Gasteiger partial charge on any atom is -0.451 e.